The maximum atomic E-state index is 13.1. The minimum absolute atomic E-state index is 0.0147. The van der Waals surface area contributed by atoms with E-state index in [0.29, 0.717) is 38.0 Å². The van der Waals surface area contributed by atoms with Gasteiger partial charge in [-0.3, -0.25) is 9.59 Å². The average molecular weight is 370 g/mol. The van der Waals surface area contributed by atoms with Crippen LogP contribution in [-0.2, 0) is 22.2 Å². The topological polar surface area (TPSA) is 49.4 Å². The summed E-state index contributed by atoms with van der Waals surface area (Å²) in [6.07, 6.45) is -1.32. The lowest BCUT2D eigenvalue weighted by molar-refractivity contribution is -0.138. The molecule has 1 aromatic rings. The second-order valence-electron chi connectivity index (χ2n) is 6.77. The van der Waals surface area contributed by atoms with Crippen LogP contribution >= 0.6 is 0 Å². The van der Waals surface area contributed by atoms with Crippen molar-refractivity contribution in [3.63, 3.8) is 0 Å². The molecule has 1 fully saturated rings. The van der Waals surface area contributed by atoms with Crippen molar-refractivity contribution in [2.24, 2.45) is 5.92 Å². The van der Waals surface area contributed by atoms with Crippen molar-refractivity contribution < 1.29 is 22.8 Å². The molecule has 0 unspecified atom stereocenters. The van der Waals surface area contributed by atoms with E-state index in [1.54, 1.807) is 11.0 Å². The SMILES string of the molecule is CC(=O)NCCC(=O)N1CCC[C@H](CCc2ccccc2C(F)(F)F)C1. The lowest BCUT2D eigenvalue weighted by Crippen LogP contribution is -2.41. The zero-order chi connectivity index (χ0) is 19.2. The fourth-order valence-electron chi connectivity index (χ4n) is 3.41. The smallest absolute Gasteiger partial charge is 0.356 e. The molecule has 0 aliphatic carbocycles. The molecule has 0 bridgehead atoms. The molecule has 0 saturated carbocycles. The Hall–Kier alpha value is -2.05. The van der Waals surface area contributed by atoms with Crippen molar-refractivity contribution in [3.8, 4) is 0 Å². The summed E-state index contributed by atoms with van der Waals surface area (Å²) in [5, 5.41) is 2.60. The molecule has 1 aromatic carbocycles. The number of likely N-dealkylation sites (tertiary alicyclic amines) is 1. The van der Waals surface area contributed by atoms with Crippen LogP contribution in [0.2, 0.25) is 0 Å². The number of benzene rings is 1. The number of alkyl halides is 3. The van der Waals surface area contributed by atoms with Crippen LogP contribution in [0.25, 0.3) is 0 Å². The van der Waals surface area contributed by atoms with Crippen molar-refractivity contribution in [1.82, 2.24) is 10.2 Å². The Morgan fingerprint density at radius 2 is 2.00 bits per heavy atom. The maximum absolute atomic E-state index is 13.1. The van der Waals surface area contributed by atoms with Gasteiger partial charge in [-0.05, 0) is 43.2 Å². The summed E-state index contributed by atoms with van der Waals surface area (Å²) in [6.45, 7) is 2.97. The van der Waals surface area contributed by atoms with Crippen LogP contribution in [0.1, 0.15) is 43.7 Å². The summed E-state index contributed by atoms with van der Waals surface area (Å²) in [4.78, 5) is 24.8. The molecule has 7 heteroatoms. The Kier molecular flexibility index (Phi) is 7.06. The molecule has 1 saturated heterocycles. The van der Waals surface area contributed by atoms with Gasteiger partial charge in [-0.2, -0.15) is 13.2 Å². The van der Waals surface area contributed by atoms with Gasteiger partial charge >= 0.3 is 6.18 Å². The monoisotopic (exact) mass is 370 g/mol. The molecule has 0 spiro atoms. The summed E-state index contributed by atoms with van der Waals surface area (Å²) in [6, 6.07) is 5.68. The van der Waals surface area contributed by atoms with Crippen LogP contribution < -0.4 is 5.32 Å². The first kappa shape index (κ1) is 20.3. The number of nitrogens with zero attached hydrogens (tertiary/aromatic N) is 1. The van der Waals surface area contributed by atoms with Gasteiger partial charge in [-0.1, -0.05) is 18.2 Å². The normalized spacial score (nSPS) is 17.8. The number of nitrogens with one attached hydrogen (secondary N) is 1. The fraction of sp³-hybridized carbons (Fsp3) is 0.579. The summed E-state index contributed by atoms with van der Waals surface area (Å²) >= 11 is 0. The highest BCUT2D eigenvalue weighted by atomic mass is 19.4. The molecule has 0 radical (unpaired) electrons. The van der Waals surface area contributed by atoms with Gasteiger partial charge in [0.2, 0.25) is 11.8 Å². The van der Waals surface area contributed by atoms with E-state index >= 15 is 0 Å². The number of amides is 2. The van der Waals surface area contributed by atoms with Crippen molar-refractivity contribution in [2.45, 2.75) is 45.2 Å². The van der Waals surface area contributed by atoms with E-state index < -0.39 is 11.7 Å². The van der Waals surface area contributed by atoms with Crippen molar-refractivity contribution in [2.75, 3.05) is 19.6 Å². The van der Waals surface area contributed by atoms with Crippen molar-refractivity contribution >= 4 is 11.8 Å². The lowest BCUT2D eigenvalue weighted by atomic mass is 9.90. The summed E-state index contributed by atoms with van der Waals surface area (Å²) in [7, 11) is 0. The highest BCUT2D eigenvalue weighted by molar-refractivity contribution is 5.78. The Morgan fingerprint density at radius 3 is 2.69 bits per heavy atom. The molecule has 1 aliphatic rings. The third kappa shape index (κ3) is 6.04. The number of carbonyl (C=O) groups excluding carboxylic acids is 2. The van der Waals surface area contributed by atoms with Gasteiger partial charge in [0.25, 0.3) is 0 Å². The van der Waals surface area contributed by atoms with Crippen molar-refractivity contribution in [1.29, 1.82) is 0 Å². The van der Waals surface area contributed by atoms with Crippen LogP contribution in [0.4, 0.5) is 13.2 Å². The lowest BCUT2D eigenvalue weighted by Gasteiger charge is -2.33. The minimum Gasteiger partial charge on any atom is -0.356 e. The number of hydrogen-bond donors (Lipinski definition) is 1. The second-order valence-corrected chi connectivity index (χ2v) is 6.77. The molecule has 1 N–H and O–H groups in total. The number of halogens is 3. The first-order valence-electron chi connectivity index (χ1n) is 8.94. The summed E-state index contributed by atoms with van der Waals surface area (Å²) < 4.78 is 39.2. The second kappa shape index (κ2) is 9.05. The number of carbonyl (C=O) groups is 2. The molecule has 2 amide bonds. The number of rotatable bonds is 6. The molecule has 1 heterocycles. The first-order valence-corrected chi connectivity index (χ1v) is 8.94. The molecule has 26 heavy (non-hydrogen) atoms. The van der Waals surface area contributed by atoms with Crippen molar-refractivity contribution in [3.05, 3.63) is 35.4 Å². The third-order valence-electron chi connectivity index (χ3n) is 4.73. The highest BCUT2D eigenvalue weighted by Crippen LogP contribution is 2.33. The quantitative estimate of drug-likeness (QED) is 0.834. The number of hydrogen-bond acceptors (Lipinski definition) is 2. The van der Waals surface area contributed by atoms with Gasteiger partial charge in [0.15, 0.2) is 0 Å². The van der Waals surface area contributed by atoms with E-state index in [1.165, 1.54) is 19.1 Å². The van der Waals surface area contributed by atoms with E-state index in [2.05, 4.69) is 5.32 Å². The van der Waals surface area contributed by atoms with Crippen LogP contribution in [-0.4, -0.2) is 36.3 Å². The molecule has 1 aliphatic heterocycles. The van der Waals surface area contributed by atoms with Crippen LogP contribution in [0, 0.1) is 5.92 Å². The van der Waals surface area contributed by atoms with Gasteiger partial charge in [0, 0.05) is 33.0 Å². The van der Waals surface area contributed by atoms with Gasteiger partial charge in [0.1, 0.15) is 0 Å². The molecular weight excluding hydrogens is 345 g/mol. The van der Waals surface area contributed by atoms with Gasteiger partial charge in [0.05, 0.1) is 5.56 Å². The van der Waals surface area contributed by atoms with Gasteiger partial charge in [-0.15, -0.1) is 0 Å². The average Bonchev–Trinajstić information content (AvgIpc) is 2.59. The number of aryl methyl sites for hydroxylation is 1. The summed E-state index contributed by atoms with van der Waals surface area (Å²) in [5.41, 5.74) is -0.256. The van der Waals surface area contributed by atoms with E-state index in [9.17, 15) is 22.8 Å². The van der Waals surface area contributed by atoms with Gasteiger partial charge in [-0.25, -0.2) is 0 Å². The van der Waals surface area contributed by atoms with E-state index in [1.807, 2.05) is 0 Å². The number of piperidine rings is 1. The van der Waals surface area contributed by atoms with Crippen LogP contribution in [0.5, 0.6) is 0 Å². The Bertz CT molecular complexity index is 631. The maximum Gasteiger partial charge on any atom is 0.416 e. The highest BCUT2D eigenvalue weighted by Gasteiger charge is 2.33. The molecule has 144 valence electrons. The predicted octanol–water partition coefficient (Wildman–Crippen LogP) is 3.40. The standard InChI is InChI=1S/C19H25F3N2O2/c1-14(25)23-11-10-18(26)24-12-4-5-15(13-24)8-9-16-6-2-3-7-17(16)19(20,21)22/h2-3,6-7,15H,4-5,8-13H2,1H3,(H,23,25)/t15-/m1/s1. The third-order valence-corrected chi connectivity index (χ3v) is 4.73. The van der Waals surface area contributed by atoms with E-state index in [0.717, 1.165) is 18.9 Å². The molecule has 2 rings (SSSR count). The Morgan fingerprint density at radius 1 is 1.27 bits per heavy atom. The van der Waals surface area contributed by atoms with E-state index in [4.69, 9.17) is 0 Å². The van der Waals surface area contributed by atoms with Crippen LogP contribution in [0.3, 0.4) is 0 Å². The van der Waals surface area contributed by atoms with Gasteiger partial charge < -0.3 is 10.2 Å². The molecule has 1 atom stereocenters. The largest absolute Gasteiger partial charge is 0.416 e. The minimum atomic E-state index is -4.34. The molecular formula is C19H25F3N2O2. The fourth-order valence-corrected chi connectivity index (χ4v) is 3.41. The summed E-state index contributed by atoms with van der Waals surface area (Å²) in [5.74, 6) is 0.0200. The zero-order valence-corrected chi connectivity index (χ0v) is 14.9. The molecule has 4 nitrogen and oxygen atoms in total. The molecule has 0 aromatic heterocycles. The zero-order valence-electron chi connectivity index (χ0n) is 14.9. The van der Waals surface area contributed by atoms with Crippen LogP contribution in [0.15, 0.2) is 24.3 Å². The Balaban J connectivity index is 1.87. The van der Waals surface area contributed by atoms with E-state index in [-0.39, 0.29) is 24.2 Å². The first-order chi connectivity index (χ1) is 12.3. The predicted molar refractivity (Wildman–Crippen MR) is 92.4 cm³/mol. The Labute approximate surface area is 151 Å².